The van der Waals surface area contributed by atoms with Gasteiger partial charge in [-0.1, -0.05) is 5.57 Å². The summed E-state index contributed by atoms with van der Waals surface area (Å²) in [5, 5.41) is 4.47. The van der Waals surface area contributed by atoms with Crippen molar-refractivity contribution in [2.75, 3.05) is 6.54 Å². The summed E-state index contributed by atoms with van der Waals surface area (Å²) in [5.41, 5.74) is 3.93. The summed E-state index contributed by atoms with van der Waals surface area (Å²) in [6.07, 6.45) is 5.62. The molecule has 11 heteroatoms. The second-order valence-corrected chi connectivity index (χ2v) is 11.9. The van der Waals surface area contributed by atoms with E-state index in [4.69, 9.17) is 0 Å². The van der Waals surface area contributed by atoms with Gasteiger partial charge in [-0.25, -0.2) is 26.3 Å². The third-order valence-corrected chi connectivity index (χ3v) is 9.25. The van der Waals surface area contributed by atoms with Crippen LogP contribution in [0, 0.1) is 30.3 Å². The summed E-state index contributed by atoms with van der Waals surface area (Å²) in [6.45, 7) is 1.72. The molecule has 1 aliphatic carbocycles. The Bertz CT molecular complexity index is 1760. The van der Waals surface area contributed by atoms with Crippen LogP contribution in [0.2, 0.25) is 0 Å². The number of ketones is 1. The zero-order valence-corrected chi connectivity index (χ0v) is 22.1. The van der Waals surface area contributed by atoms with Gasteiger partial charge in [0, 0.05) is 24.7 Å². The van der Waals surface area contributed by atoms with Gasteiger partial charge in [-0.15, -0.1) is 0 Å². The van der Waals surface area contributed by atoms with Crippen LogP contribution in [-0.4, -0.2) is 45.9 Å². The quantitative estimate of drug-likeness (QED) is 0.322. The predicted octanol–water partition coefficient (Wildman–Crippen LogP) is 4.89. The van der Waals surface area contributed by atoms with Crippen molar-refractivity contribution in [3.8, 4) is 5.69 Å². The monoisotopic (exact) mass is 564 g/mol. The second-order valence-electron chi connectivity index (χ2n) is 9.97. The molecule has 0 spiro atoms. The maximum atomic E-state index is 14.0. The molecule has 2 aromatic carbocycles. The van der Waals surface area contributed by atoms with E-state index in [0.717, 1.165) is 38.8 Å². The summed E-state index contributed by atoms with van der Waals surface area (Å²) >= 11 is 0. The topological polar surface area (TPSA) is 85.2 Å². The number of aryl methyl sites for hydroxylation is 1. The minimum Gasteiger partial charge on any atom is -0.291 e. The lowest BCUT2D eigenvalue weighted by Crippen LogP contribution is -2.54. The maximum absolute atomic E-state index is 14.0. The highest BCUT2D eigenvalue weighted by molar-refractivity contribution is 7.89. The maximum Gasteiger partial charge on any atom is 0.243 e. The smallest absolute Gasteiger partial charge is 0.243 e. The van der Waals surface area contributed by atoms with E-state index in [0.29, 0.717) is 24.6 Å². The summed E-state index contributed by atoms with van der Waals surface area (Å²) in [6, 6.07) is 10.1. The van der Waals surface area contributed by atoms with Crippen molar-refractivity contribution < 1.29 is 26.4 Å². The number of pyridine rings is 1. The number of hydrogen-bond donors (Lipinski definition) is 0. The molecule has 0 N–H and O–H groups in total. The number of benzene rings is 2. The highest BCUT2D eigenvalue weighted by Gasteiger charge is 2.47. The third-order valence-electron chi connectivity index (χ3n) is 7.39. The first-order valence-corrected chi connectivity index (χ1v) is 14.0. The van der Waals surface area contributed by atoms with Crippen molar-refractivity contribution in [3.05, 3.63) is 113 Å². The van der Waals surface area contributed by atoms with Gasteiger partial charge in [0.25, 0.3) is 0 Å². The number of Topliss-reactive ketones (excluding diaryl/α,β-unsaturated/α-hetero) is 1. The summed E-state index contributed by atoms with van der Waals surface area (Å²) < 4.78 is 71.9. The minimum atomic E-state index is -4.47. The standard InChI is InChI=1S/C29H23F3N4O3S/c1-17-6-8-33-26(10-17)29(37)28-25-11-19-16-34-36(23-4-2-20(30)3-5-23)27(19)12-18(25)7-9-35(28)40(38,39)24-14-21(31)13-22(32)15-24/h2-6,8,10,12-16,25,28H,7,9,11H2,1H3/t25?,28-/m0/s1. The molecule has 2 aromatic heterocycles. The molecular formula is C29H23F3N4O3S. The minimum absolute atomic E-state index is 0.0783. The van der Waals surface area contributed by atoms with Crippen molar-refractivity contribution in [2.24, 2.45) is 5.92 Å². The molecule has 1 aliphatic heterocycles. The van der Waals surface area contributed by atoms with Crippen LogP contribution in [0.4, 0.5) is 13.2 Å². The second kappa shape index (κ2) is 9.83. The van der Waals surface area contributed by atoms with Crippen LogP contribution in [-0.2, 0) is 16.4 Å². The van der Waals surface area contributed by atoms with Gasteiger partial charge in [0.05, 0.1) is 28.5 Å². The molecular weight excluding hydrogens is 541 g/mol. The Hall–Kier alpha value is -4.09. The highest BCUT2D eigenvalue weighted by atomic mass is 32.2. The lowest BCUT2D eigenvalue weighted by molar-refractivity contribution is 0.0821. The molecule has 1 fully saturated rings. The van der Waals surface area contributed by atoms with E-state index < -0.39 is 44.3 Å². The Kier molecular flexibility index (Phi) is 6.42. The normalized spacial score (nSPS) is 19.1. The van der Waals surface area contributed by atoms with Crippen molar-refractivity contribution in [3.63, 3.8) is 0 Å². The largest absolute Gasteiger partial charge is 0.291 e. The fourth-order valence-electron chi connectivity index (χ4n) is 5.51. The van der Waals surface area contributed by atoms with Gasteiger partial charge in [0.1, 0.15) is 23.1 Å². The van der Waals surface area contributed by atoms with Crippen LogP contribution in [0.1, 0.15) is 33.7 Å². The Balaban J connectivity index is 1.45. The first-order valence-electron chi connectivity index (χ1n) is 12.6. The Morgan fingerprint density at radius 2 is 1.70 bits per heavy atom. The van der Waals surface area contributed by atoms with E-state index in [2.05, 4.69) is 10.1 Å². The van der Waals surface area contributed by atoms with Gasteiger partial charge in [-0.2, -0.15) is 9.40 Å². The van der Waals surface area contributed by atoms with Crippen LogP contribution in [0.3, 0.4) is 0 Å². The van der Waals surface area contributed by atoms with Gasteiger partial charge in [-0.3, -0.25) is 9.78 Å². The van der Waals surface area contributed by atoms with E-state index in [-0.39, 0.29) is 18.1 Å². The number of aromatic nitrogens is 3. The van der Waals surface area contributed by atoms with Crippen LogP contribution in [0.15, 0.2) is 77.5 Å². The number of hydrogen-bond acceptors (Lipinski definition) is 5. The van der Waals surface area contributed by atoms with Gasteiger partial charge >= 0.3 is 0 Å². The number of halogens is 3. The van der Waals surface area contributed by atoms with E-state index >= 15 is 0 Å². The van der Waals surface area contributed by atoms with Crippen LogP contribution < -0.4 is 0 Å². The fraction of sp³-hybridized carbons (Fsp3) is 0.207. The fourth-order valence-corrected chi connectivity index (χ4v) is 7.18. The number of fused-ring (bicyclic) bond motifs is 2. The average Bonchev–Trinajstić information content (AvgIpc) is 3.33. The molecule has 0 amide bonds. The van der Waals surface area contributed by atoms with Crippen molar-refractivity contribution in [1.29, 1.82) is 0 Å². The van der Waals surface area contributed by atoms with Crippen molar-refractivity contribution in [2.45, 2.75) is 30.7 Å². The van der Waals surface area contributed by atoms with Gasteiger partial charge in [-0.05, 0) is 85.5 Å². The lowest BCUT2D eigenvalue weighted by atomic mass is 9.76. The molecule has 2 atom stereocenters. The number of sulfonamides is 1. The molecule has 1 unspecified atom stereocenters. The molecule has 0 bridgehead atoms. The van der Waals surface area contributed by atoms with E-state index in [1.807, 2.05) is 6.08 Å². The zero-order valence-electron chi connectivity index (χ0n) is 21.3. The zero-order chi connectivity index (χ0) is 28.2. The van der Waals surface area contributed by atoms with E-state index in [1.165, 1.54) is 18.3 Å². The van der Waals surface area contributed by atoms with Crippen LogP contribution in [0.25, 0.3) is 11.8 Å². The SMILES string of the molecule is Cc1ccnc(C(=O)[C@@H]2C3Cc4cnn(-c5ccc(F)cc5)c4C=C3CCN2S(=O)(=O)c2cc(F)cc(F)c2)c1. The molecule has 1 saturated heterocycles. The molecule has 2 aliphatic rings. The molecule has 204 valence electrons. The predicted molar refractivity (Wildman–Crippen MR) is 141 cm³/mol. The summed E-state index contributed by atoms with van der Waals surface area (Å²) in [7, 11) is -4.47. The molecule has 6 rings (SSSR count). The van der Waals surface area contributed by atoms with E-state index in [1.54, 1.807) is 42.1 Å². The van der Waals surface area contributed by atoms with Gasteiger partial charge < -0.3 is 0 Å². The van der Waals surface area contributed by atoms with Crippen LogP contribution >= 0.6 is 0 Å². The molecule has 3 heterocycles. The summed E-state index contributed by atoms with van der Waals surface area (Å²) in [5.74, 6) is -3.50. The lowest BCUT2D eigenvalue weighted by Gasteiger charge is -2.42. The summed E-state index contributed by atoms with van der Waals surface area (Å²) in [4.78, 5) is 17.6. The first kappa shape index (κ1) is 26.1. The Labute approximate surface area is 228 Å². The third kappa shape index (κ3) is 4.54. The van der Waals surface area contributed by atoms with Gasteiger partial charge in [0.2, 0.25) is 10.0 Å². The van der Waals surface area contributed by atoms with Crippen LogP contribution in [0.5, 0.6) is 0 Å². The highest BCUT2D eigenvalue weighted by Crippen LogP contribution is 2.41. The number of rotatable bonds is 5. The van der Waals surface area contributed by atoms with Crippen molar-refractivity contribution >= 4 is 21.9 Å². The molecule has 0 saturated carbocycles. The molecule has 0 radical (unpaired) electrons. The van der Waals surface area contributed by atoms with E-state index in [9.17, 15) is 26.4 Å². The number of carbonyl (C=O) groups excluding carboxylic acids is 1. The average molecular weight is 565 g/mol. The first-order chi connectivity index (χ1) is 19.1. The van der Waals surface area contributed by atoms with Crippen molar-refractivity contribution in [1.82, 2.24) is 19.1 Å². The molecule has 4 aromatic rings. The van der Waals surface area contributed by atoms with Gasteiger partial charge in [0.15, 0.2) is 5.78 Å². The number of nitrogens with zero attached hydrogens (tertiary/aromatic N) is 4. The molecule has 7 nitrogen and oxygen atoms in total. The Morgan fingerprint density at radius 3 is 2.40 bits per heavy atom. The number of carbonyl (C=O) groups is 1. The molecule has 40 heavy (non-hydrogen) atoms. The number of piperidine rings is 1. The Morgan fingerprint density at radius 1 is 0.975 bits per heavy atom.